The van der Waals surface area contributed by atoms with Crippen LogP contribution in [0.5, 0.6) is 5.75 Å². The van der Waals surface area contributed by atoms with E-state index in [1.54, 1.807) is 0 Å². The Bertz CT molecular complexity index is 629. The Morgan fingerprint density at radius 3 is 2.91 bits per heavy atom. The first-order valence-corrected chi connectivity index (χ1v) is 8.53. The van der Waals surface area contributed by atoms with Gasteiger partial charge in [-0.2, -0.15) is 11.3 Å². The zero-order valence-electron chi connectivity index (χ0n) is 13.3. The van der Waals surface area contributed by atoms with Crippen LogP contribution in [0, 0.1) is 6.92 Å². The summed E-state index contributed by atoms with van der Waals surface area (Å²) in [6.07, 6.45) is 0.188. The number of aryl methyl sites for hydroxylation is 1. The van der Waals surface area contributed by atoms with Gasteiger partial charge in [-0.3, -0.25) is 0 Å². The van der Waals surface area contributed by atoms with Gasteiger partial charge in [-0.05, 0) is 53.4 Å². The first-order valence-electron chi connectivity index (χ1n) is 7.58. The van der Waals surface area contributed by atoms with Gasteiger partial charge in [0.1, 0.15) is 5.75 Å². The first-order chi connectivity index (χ1) is 11.1. The molecule has 2 rings (SSSR count). The standard InChI is InChI=1S/C17H22N2O3S/c1-3-7-22-16-9-12(2)4-5-14(16)19-17(21)18-10-15(20)13-6-8-23-11-13/h4-6,8-9,11,15,20H,3,7,10H2,1-2H3,(H2,18,19,21). The molecule has 0 bridgehead atoms. The highest BCUT2D eigenvalue weighted by atomic mass is 32.1. The molecule has 1 aromatic carbocycles. The summed E-state index contributed by atoms with van der Waals surface area (Å²) in [5, 5.41) is 19.2. The van der Waals surface area contributed by atoms with Crippen molar-refractivity contribution in [3.05, 3.63) is 46.2 Å². The second-order valence-corrected chi connectivity index (χ2v) is 6.04. The highest BCUT2D eigenvalue weighted by molar-refractivity contribution is 7.07. The summed E-state index contributed by atoms with van der Waals surface area (Å²) in [5.74, 6) is 0.653. The van der Waals surface area contributed by atoms with Gasteiger partial charge in [0.2, 0.25) is 0 Å². The van der Waals surface area contributed by atoms with Gasteiger partial charge < -0.3 is 20.5 Å². The molecule has 6 heteroatoms. The second kappa shape index (κ2) is 8.55. The molecule has 0 saturated carbocycles. The Labute approximate surface area is 140 Å². The highest BCUT2D eigenvalue weighted by Gasteiger charge is 2.12. The lowest BCUT2D eigenvalue weighted by atomic mass is 10.2. The number of thiophene rings is 1. The van der Waals surface area contributed by atoms with Crippen LogP contribution in [-0.2, 0) is 0 Å². The van der Waals surface area contributed by atoms with Crippen LogP contribution in [0.3, 0.4) is 0 Å². The van der Waals surface area contributed by atoms with Gasteiger partial charge in [-0.15, -0.1) is 0 Å². The number of rotatable bonds is 7. The summed E-state index contributed by atoms with van der Waals surface area (Å²) in [4.78, 5) is 12.0. The lowest BCUT2D eigenvalue weighted by Crippen LogP contribution is -2.32. The van der Waals surface area contributed by atoms with Gasteiger partial charge in [0.15, 0.2) is 0 Å². The molecule has 124 valence electrons. The summed E-state index contributed by atoms with van der Waals surface area (Å²) >= 11 is 1.51. The van der Waals surface area contributed by atoms with Crippen molar-refractivity contribution in [2.24, 2.45) is 0 Å². The van der Waals surface area contributed by atoms with Crippen molar-refractivity contribution < 1.29 is 14.6 Å². The second-order valence-electron chi connectivity index (χ2n) is 5.26. The van der Waals surface area contributed by atoms with Crippen molar-refractivity contribution in [2.75, 3.05) is 18.5 Å². The smallest absolute Gasteiger partial charge is 0.319 e. The fourth-order valence-corrected chi connectivity index (χ4v) is 2.71. The van der Waals surface area contributed by atoms with Crippen molar-refractivity contribution in [1.29, 1.82) is 0 Å². The highest BCUT2D eigenvalue weighted by Crippen LogP contribution is 2.26. The van der Waals surface area contributed by atoms with E-state index in [2.05, 4.69) is 10.6 Å². The van der Waals surface area contributed by atoms with Crippen molar-refractivity contribution in [3.63, 3.8) is 0 Å². The summed E-state index contributed by atoms with van der Waals surface area (Å²) in [6.45, 7) is 4.75. The molecule has 0 saturated heterocycles. The Morgan fingerprint density at radius 2 is 2.22 bits per heavy atom. The van der Waals surface area contributed by atoms with Crippen LogP contribution in [0.2, 0.25) is 0 Å². The SMILES string of the molecule is CCCOc1cc(C)ccc1NC(=O)NCC(O)c1ccsc1. The number of amides is 2. The molecule has 1 heterocycles. The third-order valence-electron chi connectivity index (χ3n) is 3.23. The zero-order chi connectivity index (χ0) is 16.7. The van der Waals surface area contributed by atoms with Crippen LogP contribution in [0.1, 0.15) is 30.6 Å². The molecule has 0 aliphatic carbocycles. The van der Waals surface area contributed by atoms with Crippen molar-refractivity contribution >= 4 is 23.1 Å². The lowest BCUT2D eigenvalue weighted by Gasteiger charge is -2.15. The number of carbonyl (C=O) groups is 1. The monoisotopic (exact) mass is 334 g/mol. The number of ether oxygens (including phenoxy) is 1. The summed E-state index contributed by atoms with van der Waals surface area (Å²) in [5.41, 5.74) is 2.49. The molecular weight excluding hydrogens is 312 g/mol. The summed E-state index contributed by atoms with van der Waals surface area (Å²) < 4.78 is 5.66. The maximum atomic E-state index is 12.0. The van der Waals surface area contributed by atoms with E-state index in [0.717, 1.165) is 17.5 Å². The van der Waals surface area contributed by atoms with E-state index in [1.165, 1.54) is 11.3 Å². The molecular formula is C17H22N2O3S. The zero-order valence-corrected chi connectivity index (χ0v) is 14.2. The molecule has 1 aromatic heterocycles. The van der Waals surface area contributed by atoms with Crippen LogP contribution in [-0.4, -0.2) is 24.3 Å². The quantitative estimate of drug-likeness (QED) is 0.723. The molecule has 0 spiro atoms. The number of anilines is 1. The van der Waals surface area contributed by atoms with Gasteiger partial charge in [-0.25, -0.2) is 4.79 Å². The maximum absolute atomic E-state index is 12.0. The van der Waals surface area contributed by atoms with Gasteiger partial charge >= 0.3 is 6.03 Å². The van der Waals surface area contributed by atoms with Crippen LogP contribution < -0.4 is 15.4 Å². The minimum atomic E-state index is -0.708. The Balaban J connectivity index is 1.91. The Kier molecular flexibility index (Phi) is 6.43. The lowest BCUT2D eigenvalue weighted by molar-refractivity contribution is 0.175. The largest absolute Gasteiger partial charge is 0.491 e. The molecule has 0 aliphatic rings. The van der Waals surface area contributed by atoms with E-state index in [0.29, 0.717) is 18.0 Å². The van der Waals surface area contributed by atoms with Gasteiger partial charge in [0.25, 0.3) is 0 Å². The number of benzene rings is 1. The van der Waals surface area contributed by atoms with E-state index in [1.807, 2.05) is 48.9 Å². The number of urea groups is 1. The molecule has 5 nitrogen and oxygen atoms in total. The minimum Gasteiger partial charge on any atom is -0.491 e. The van der Waals surface area contributed by atoms with Crippen LogP contribution in [0.4, 0.5) is 10.5 Å². The van der Waals surface area contributed by atoms with Crippen LogP contribution >= 0.6 is 11.3 Å². The molecule has 2 amide bonds. The third kappa shape index (κ3) is 5.26. The van der Waals surface area contributed by atoms with Gasteiger partial charge in [0.05, 0.1) is 18.4 Å². The van der Waals surface area contributed by atoms with E-state index >= 15 is 0 Å². The maximum Gasteiger partial charge on any atom is 0.319 e. The Hall–Kier alpha value is -2.05. The summed E-state index contributed by atoms with van der Waals surface area (Å²) in [7, 11) is 0. The number of aliphatic hydroxyl groups excluding tert-OH is 1. The molecule has 3 N–H and O–H groups in total. The molecule has 1 unspecified atom stereocenters. The van der Waals surface area contributed by atoms with Gasteiger partial charge in [0, 0.05) is 6.54 Å². The average Bonchev–Trinajstić information content (AvgIpc) is 3.07. The molecule has 0 aliphatic heterocycles. The molecule has 2 aromatic rings. The molecule has 0 radical (unpaired) electrons. The predicted molar refractivity (Wildman–Crippen MR) is 93.3 cm³/mol. The topological polar surface area (TPSA) is 70.6 Å². The average molecular weight is 334 g/mol. The fraction of sp³-hybridized carbons (Fsp3) is 0.353. The van der Waals surface area contributed by atoms with Crippen LogP contribution in [0.25, 0.3) is 0 Å². The molecule has 1 atom stereocenters. The fourth-order valence-electron chi connectivity index (χ4n) is 2.00. The van der Waals surface area contributed by atoms with Crippen LogP contribution in [0.15, 0.2) is 35.0 Å². The van der Waals surface area contributed by atoms with E-state index < -0.39 is 6.10 Å². The third-order valence-corrected chi connectivity index (χ3v) is 3.93. The number of carbonyl (C=O) groups excluding carboxylic acids is 1. The van der Waals surface area contributed by atoms with E-state index in [4.69, 9.17) is 4.74 Å². The van der Waals surface area contributed by atoms with Crippen molar-refractivity contribution in [2.45, 2.75) is 26.4 Å². The molecule has 0 fully saturated rings. The summed E-state index contributed by atoms with van der Waals surface area (Å²) in [6, 6.07) is 7.09. The normalized spacial score (nSPS) is 11.8. The van der Waals surface area contributed by atoms with Crippen molar-refractivity contribution in [3.8, 4) is 5.75 Å². The van der Waals surface area contributed by atoms with E-state index in [-0.39, 0.29) is 12.6 Å². The number of hydrogen-bond acceptors (Lipinski definition) is 4. The number of nitrogens with one attached hydrogen (secondary N) is 2. The van der Waals surface area contributed by atoms with E-state index in [9.17, 15) is 9.90 Å². The predicted octanol–water partition coefficient (Wildman–Crippen LogP) is 3.70. The first kappa shape index (κ1) is 17.3. The minimum absolute atomic E-state index is 0.152. The van der Waals surface area contributed by atoms with Gasteiger partial charge in [-0.1, -0.05) is 13.0 Å². The Morgan fingerprint density at radius 1 is 1.39 bits per heavy atom. The number of aliphatic hydroxyl groups is 1. The molecule has 23 heavy (non-hydrogen) atoms. The van der Waals surface area contributed by atoms with Crippen molar-refractivity contribution in [1.82, 2.24) is 5.32 Å². The number of hydrogen-bond donors (Lipinski definition) is 3.